The summed E-state index contributed by atoms with van der Waals surface area (Å²) in [6.45, 7) is -0.303. The van der Waals surface area contributed by atoms with Crippen LogP contribution in [-0.4, -0.2) is 24.5 Å². The first-order valence-electron chi connectivity index (χ1n) is 6.55. The van der Waals surface area contributed by atoms with Crippen LogP contribution in [0.4, 0.5) is 0 Å². The SMILES string of the molecule is N#Cc1ccccc1OCC(=O)O[C@H]1CCCCC1=O. The standard InChI is InChI=1S/C15H15NO4/c16-9-11-5-1-3-7-13(11)19-10-15(18)20-14-8-4-2-6-12(14)17/h1,3,5,7,14H,2,4,6,8,10H2/t14-/m0/s1. The summed E-state index contributed by atoms with van der Waals surface area (Å²) in [4.78, 5) is 23.2. The number of carbonyl (C=O) groups excluding carboxylic acids is 2. The highest BCUT2D eigenvalue weighted by molar-refractivity contribution is 5.86. The predicted octanol–water partition coefficient (Wildman–Crippen LogP) is 1.99. The van der Waals surface area contributed by atoms with Gasteiger partial charge in [-0.1, -0.05) is 12.1 Å². The van der Waals surface area contributed by atoms with Crippen LogP contribution in [0, 0.1) is 11.3 Å². The molecular formula is C15H15NO4. The molecule has 104 valence electrons. The Morgan fingerprint density at radius 1 is 1.35 bits per heavy atom. The molecule has 0 unspecified atom stereocenters. The lowest BCUT2D eigenvalue weighted by atomic mass is 9.96. The molecule has 20 heavy (non-hydrogen) atoms. The molecule has 1 aromatic rings. The van der Waals surface area contributed by atoms with E-state index in [2.05, 4.69) is 0 Å². The number of para-hydroxylation sites is 1. The van der Waals surface area contributed by atoms with Crippen molar-refractivity contribution in [1.82, 2.24) is 0 Å². The quantitative estimate of drug-likeness (QED) is 0.784. The molecule has 1 aliphatic carbocycles. The van der Waals surface area contributed by atoms with Crippen LogP contribution < -0.4 is 4.74 Å². The number of Topliss-reactive ketones (excluding diaryl/α,β-unsaturated/α-hetero) is 1. The number of esters is 1. The topological polar surface area (TPSA) is 76.4 Å². The third-order valence-corrected chi connectivity index (χ3v) is 3.13. The molecule has 1 aliphatic rings. The Kier molecular flexibility index (Phi) is 4.72. The van der Waals surface area contributed by atoms with Crippen LogP contribution in [0.15, 0.2) is 24.3 Å². The first-order valence-corrected chi connectivity index (χ1v) is 6.55. The number of ketones is 1. The number of hydrogen-bond acceptors (Lipinski definition) is 5. The maximum absolute atomic E-state index is 11.6. The average molecular weight is 273 g/mol. The lowest BCUT2D eigenvalue weighted by Gasteiger charge is -2.20. The van der Waals surface area contributed by atoms with Gasteiger partial charge in [-0.05, 0) is 31.4 Å². The Hall–Kier alpha value is -2.35. The van der Waals surface area contributed by atoms with Crippen LogP contribution in [0.5, 0.6) is 5.75 Å². The Balaban J connectivity index is 1.86. The molecule has 0 aliphatic heterocycles. The van der Waals surface area contributed by atoms with Gasteiger partial charge in [-0.3, -0.25) is 4.79 Å². The lowest BCUT2D eigenvalue weighted by molar-refractivity contribution is -0.158. The van der Waals surface area contributed by atoms with E-state index in [9.17, 15) is 9.59 Å². The van der Waals surface area contributed by atoms with Crippen molar-refractivity contribution < 1.29 is 19.1 Å². The molecule has 0 bridgehead atoms. The normalized spacial score (nSPS) is 18.1. The van der Waals surface area contributed by atoms with E-state index in [1.165, 1.54) is 0 Å². The minimum Gasteiger partial charge on any atom is -0.481 e. The maximum Gasteiger partial charge on any atom is 0.344 e. The Morgan fingerprint density at radius 3 is 2.90 bits per heavy atom. The predicted molar refractivity (Wildman–Crippen MR) is 70.0 cm³/mol. The van der Waals surface area contributed by atoms with Gasteiger partial charge in [0.25, 0.3) is 0 Å². The fraction of sp³-hybridized carbons (Fsp3) is 0.400. The number of benzene rings is 1. The van der Waals surface area contributed by atoms with E-state index in [1.807, 2.05) is 6.07 Å². The van der Waals surface area contributed by atoms with Crippen LogP contribution in [-0.2, 0) is 14.3 Å². The molecule has 5 nitrogen and oxygen atoms in total. The zero-order valence-corrected chi connectivity index (χ0v) is 11.0. The Labute approximate surface area is 117 Å². The lowest BCUT2D eigenvalue weighted by Crippen LogP contribution is -2.32. The molecule has 0 aromatic heterocycles. The molecule has 0 heterocycles. The van der Waals surface area contributed by atoms with Crippen molar-refractivity contribution in [2.24, 2.45) is 0 Å². The average Bonchev–Trinajstić information content (AvgIpc) is 2.48. The molecule has 5 heteroatoms. The van der Waals surface area contributed by atoms with Gasteiger partial charge in [0.2, 0.25) is 0 Å². The summed E-state index contributed by atoms with van der Waals surface area (Å²) >= 11 is 0. The highest BCUT2D eigenvalue weighted by atomic mass is 16.6. The molecule has 1 atom stereocenters. The zero-order valence-electron chi connectivity index (χ0n) is 11.0. The van der Waals surface area contributed by atoms with E-state index in [-0.39, 0.29) is 12.4 Å². The van der Waals surface area contributed by atoms with Crippen molar-refractivity contribution in [2.75, 3.05) is 6.61 Å². The molecular weight excluding hydrogens is 258 g/mol. The van der Waals surface area contributed by atoms with Gasteiger partial charge in [0.1, 0.15) is 11.8 Å². The van der Waals surface area contributed by atoms with Gasteiger partial charge in [-0.15, -0.1) is 0 Å². The number of rotatable bonds is 4. The fourth-order valence-corrected chi connectivity index (χ4v) is 2.09. The first-order chi connectivity index (χ1) is 9.70. The van der Waals surface area contributed by atoms with Crippen LogP contribution in [0.2, 0.25) is 0 Å². The molecule has 1 saturated carbocycles. The third-order valence-electron chi connectivity index (χ3n) is 3.13. The number of hydrogen-bond donors (Lipinski definition) is 0. The van der Waals surface area contributed by atoms with E-state index in [0.29, 0.717) is 24.2 Å². The van der Waals surface area contributed by atoms with Gasteiger partial charge < -0.3 is 9.47 Å². The minimum atomic E-state index is -0.633. The molecule has 2 rings (SSSR count). The van der Waals surface area contributed by atoms with Crippen LogP contribution >= 0.6 is 0 Å². The molecule has 0 N–H and O–H groups in total. The number of carbonyl (C=O) groups is 2. The van der Waals surface area contributed by atoms with E-state index >= 15 is 0 Å². The second kappa shape index (κ2) is 6.71. The summed E-state index contributed by atoms with van der Waals surface area (Å²) < 4.78 is 10.4. The van der Waals surface area contributed by atoms with Gasteiger partial charge >= 0.3 is 5.97 Å². The highest BCUT2D eigenvalue weighted by Gasteiger charge is 2.25. The molecule has 1 fully saturated rings. The zero-order chi connectivity index (χ0) is 14.4. The Bertz CT molecular complexity index is 547. The smallest absolute Gasteiger partial charge is 0.344 e. The largest absolute Gasteiger partial charge is 0.481 e. The van der Waals surface area contributed by atoms with E-state index in [4.69, 9.17) is 14.7 Å². The van der Waals surface area contributed by atoms with Crippen molar-refractivity contribution in [3.05, 3.63) is 29.8 Å². The second-order valence-corrected chi connectivity index (χ2v) is 4.59. The monoisotopic (exact) mass is 273 g/mol. The number of ether oxygens (including phenoxy) is 2. The van der Waals surface area contributed by atoms with E-state index in [0.717, 1.165) is 12.8 Å². The van der Waals surface area contributed by atoms with Crippen molar-refractivity contribution in [3.63, 3.8) is 0 Å². The number of nitriles is 1. The van der Waals surface area contributed by atoms with Gasteiger partial charge in [0, 0.05) is 6.42 Å². The summed E-state index contributed by atoms with van der Waals surface area (Å²) in [5, 5.41) is 8.89. The summed E-state index contributed by atoms with van der Waals surface area (Å²) in [5.41, 5.74) is 0.356. The van der Waals surface area contributed by atoms with Gasteiger partial charge in [-0.25, -0.2) is 4.79 Å². The molecule has 0 spiro atoms. The minimum absolute atomic E-state index is 0.0259. The molecule has 0 amide bonds. The molecule has 1 aromatic carbocycles. The van der Waals surface area contributed by atoms with Gasteiger partial charge in [0.15, 0.2) is 18.5 Å². The first kappa shape index (κ1) is 14.1. The maximum atomic E-state index is 11.6. The summed E-state index contributed by atoms with van der Waals surface area (Å²) in [6, 6.07) is 8.61. The van der Waals surface area contributed by atoms with Crippen molar-refractivity contribution in [2.45, 2.75) is 31.8 Å². The highest BCUT2D eigenvalue weighted by Crippen LogP contribution is 2.19. The second-order valence-electron chi connectivity index (χ2n) is 4.59. The van der Waals surface area contributed by atoms with Crippen molar-refractivity contribution in [1.29, 1.82) is 5.26 Å². The number of nitrogens with zero attached hydrogens (tertiary/aromatic N) is 1. The summed E-state index contributed by atoms with van der Waals surface area (Å²) in [5.74, 6) is -0.276. The van der Waals surface area contributed by atoms with Crippen molar-refractivity contribution >= 4 is 11.8 Å². The van der Waals surface area contributed by atoms with Crippen LogP contribution in [0.1, 0.15) is 31.2 Å². The third kappa shape index (κ3) is 3.58. The van der Waals surface area contributed by atoms with E-state index in [1.54, 1.807) is 24.3 Å². The van der Waals surface area contributed by atoms with Crippen LogP contribution in [0.3, 0.4) is 0 Å². The Morgan fingerprint density at radius 2 is 2.15 bits per heavy atom. The summed E-state index contributed by atoms with van der Waals surface area (Å²) in [6.07, 6.45) is 2.17. The fourth-order valence-electron chi connectivity index (χ4n) is 2.09. The summed E-state index contributed by atoms with van der Waals surface area (Å²) in [7, 11) is 0. The molecule has 0 saturated heterocycles. The van der Waals surface area contributed by atoms with Gasteiger partial charge in [0.05, 0.1) is 5.56 Å². The van der Waals surface area contributed by atoms with Crippen molar-refractivity contribution in [3.8, 4) is 11.8 Å². The van der Waals surface area contributed by atoms with Crippen LogP contribution in [0.25, 0.3) is 0 Å². The van der Waals surface area contributed by atoms with E-state index < -0.39 is 12.1 Å². The van der Waals surface area contributed by atoms with Gasteiger partial charge in [-0.2, -0.15) is 5.26 Å². The molecule has 0 radical (unpaired) electrons.